The van der Waals surface area contributed by atoms with E-state index in [0.29, 0.717) is 61.3 Å². The largest absolute Gasteiger partial charge is 0.507 e. The molecule has 1 saturated carbocycles. The molecule has 82 heavy (non-hydrogen) atoms. The first-order valence-electron chi connectivity index (χ1n) is 28.1. The number of pyridine rings is 2. The average molecular weight is 1140 g/mol. The lowest BCUT2D eigenvalue weighted by atomic mass is 9.78. The van der Waals surface area contributed by atoms with Crippen molar-refractivity contribution in [2.45, 2.75) is 137 Å². The SMILES string of the molecule is CO[C@H]1C=CO[C@@]2(C)Oc3c(C)c(O)c4c(c3C2=O)C(=O)C(N2CCC(OCC3CCN(c5c(F)cn6c(=O)c(C(=O)O)cc(C7CC7)c6c5C)C3)CC2)=C(NC(=O)C(C)=CC=C[C@H](C)[C@H](O)[C@@H](C)[C@@H](O)[C@@H](C)[C@H](OC(C)=O)[C@@H]1C)C4=O. The molecule has 1 aromatic carbocycles. The molecule has 7 aliphatic rings. The molecule has 1 unspecified atom stereocenters. The van der Waals surface area contributed by atoms with Gasteiger partial charge in [-0.05, 0) is 82.1 Å². The van der Waals surface area contributed by atoms with Crippen LogP contribution in [0.25, 0.3) is 5.52 Å². The van der Waals surface area contributed by atoms with Crippen molar-refractivity contribution in [1.82, 2.24) is 14.6 Å². The highest BCUT2D eigenvalue weighted by Gasteiger charge is 2.53. The Bertz CT molecular complexity index is 3330. The van der Waals surface area contributed by atoms with Gasteiger partial charge in [0.15, 0.2) is 5.82 Å². The summed E-state index contributed by atoms with van der Waals surface area (Å²) in [4.78, 5) is 101. The van der Waals surface area contributed by atoms with Crippen molar-refractivity contribution in [3.63, 3.8) is 0 Å². The predicted molar refractivity (Wildman–Crippen MR) is 296 cm³/mol. The smallest absolute Gasteiger partial charge is 0.341 e. The number of nitrogens with zero attached hydrogens (tertiary/aromatic N) is 3. The van der Waals surface area contributed by atoms with Gasteiger partial charge in [-0.15, -0.1) is 0 Å². The van der Waals surface area contributed by atoms with Gasteiger partial charge < -0.3 is 59.2 Å². The number of aliphatic hydroxyl groups excluding tert-OH is 2. The summed E-state index contributed by atoms with van der Waals surface area (Å²) in [6, 6.07) is 1.43. The van der Waals surface area contributed by atoms with Crippen LogP contribution in [0.5, 0.6) is 11.5 Å². The molecule has 440 valence electrons. The lowest BCUT2D eigenvalue weighted by molar-refractivity contribution is -0.160. The molecule has 2 aliphatic carbocycles. The van der Waals surface area contributed by atoms with Crippen molar-refractivity contribution in [1.29, 1.82) is 0 Å². The first-order valence-corrected chi connectivity index (χ1v) is 28.1. The molecular weight excluding hydrogens is 1060 g/mol. The van der Waals surface area contributed by atoms with E-state index in [2.05, 4.69) is 5.32 Å². The Morgan fingerprint density at radius 3 is 2.20 bits per heavy atom. The van der Waals surface area contributed by atoms with Gasteiger partial charge in [0.1, 0.15) is 34.6 Å². The van der Waals surface area contributed by atoms with Gasteiger partial charge >= 0.3 is 17.7 Å². The number of amides is 1. The maximum Gasteiger partial charge on any atom is 0.341 e. The zero-order valence-electron chi connectivity index (χ0n) is 47.9. The summed E-state index contributed by atoms with van der Waals surface area (Å²) in [5.74, 6) is -11.6. The molecule has 3 fully saturated rings. The number of aliphatic hydroxyl groups is 2. The summed E-state index contributed by atoms with van der Waals surface area (Å²) < 4.78 is 47.5. The van der Waals surface area contributed by atoms with Crippen LogP contribution in [0, 0.1) is 49.3 Å². The van der Waals surface area contributed by atoms with E-state index in [9.17, 15) is 44.4 Å². The van der Waals surface area contributed by atoms with Gasteiger partial charge in [-0.25, -0.2) is 9.18 Å². The van der Waals surface area contributed by atoms with E-state index in [4.69, 9.17) is 23.7 Å². The van der Waals surface area contributed by atoms with Gasteiger partial charge in [-0.1, -0.05) is 45.9 Å². The number of benzene rings is 1. The Hall–Kier alpha value is -7.20. The number of carbonyl (C=O) groups is 6. The quantitative estimate of drug-likeness (QED) is 0.141. The van der Waals surface area contributed by atoms with Crippen LogP contribution in [-0.2, 0) is 28.5 Å². The number of ketones is 3. The average Bonchev–Trinajstić information content (AvgIpc) is 1.70. The molecule has 10 rings (SSSR count). The van der Waals surface area contributed by atoms with E-state index in [1.807, 2.05) is 4.90 Å². The number of halogens is 1. The van der Waals surface area contributed by atoms with Crippen LogP contribution in [0.15, 0.2) is 64.6 Å². The van der Waals surface area contributed by atoms with Crippen molar-refractivity contribution in [2.75, 3.05) is 44.8 Å². The molecule has 0 radical (unpaired) electrons. The highest BCUT2D eigenvalue weighted by atomic mass is 19.1. The Morgan fingerprint density at radius 1 is 0.866 bits per heavy atom. The van der Waals surface area contributed by atoms with Gasteiger partial charge in [0.25, 0.3) is 17.2 Å². The fourth-order valence-corrected chi connectivity index (χ4v) is 12.6. The fourth-order valence-electron chi connectivity index (χ4n) is 12.6. The second kappa shape index (κ2) is 23.2. The van der Waals surface area contributed by atoms with Crippen LogP contribution in [0.1, 0.15) is 145 Å². The van der Waals surface area contributed by atoms with E-state index >= 15 is 14.0 Å². The highest BCUT2D eigenvalue weighted by molar-refractivity contribution is 6.32. The molecule has 5 bridgehead atoms. The Balaban J connectivity index is 0.989. The van der Waals surface area contributed by atoms with Crippen LogP contribution in [-0.4, -0.2) is 141 Å². The minimum absolute atomic E-state index is 0.00978. The molecule has 2 saturated heterocycles. The molecule has 3 aromatic rings. The number of carbonyl (C=O) groups excluding carboxylic acids is 5. The number of carboxylic acid groups (broad SMARTS) is 1. The normalized spacial score (nSPS) is 28.6. The molecular formula is C61H73FN4O16. The molecule has 0 spiro atoms. The number of methoxy groups -OCH3 is 1. The van der Waals surface area contributed by atoms with Gasteiger partial charge in [-0.2, -0.15) is 0 Å². The van der Waals surface area contributed by atoms with Crippen LogP contribution < -0.4 is 20.5 Å². The third kappa shape index (κ3) is 10.9. The molecule has 2 aromatic heterocycles. The number of anilines is 1. The molecule has 1 amide bonds. The first-order chi connectivity index (χ1) is 38.8. The number of phenols is 1. The lowest BCUT2D eigenvalue weighted by Crippen LogP contribution is -2.46. The van der Waals surface area contributed by atoms with Crippen molar-refractivity contribution in [2.24, 2.45) is 29.6 Å². The van der Waals surface area contributed by atoms with Crippen molar-refractivity contribution in [3.8, 4) is 11.5 Å². The number of likely N-dealkylation sites (tertiary alicyclic amines) is 1. The molecule has 7 heterocycles. The second-order valence-electron chi connectivity index (χ2n) is 23.2. The van der Waals surface area contributed by atoms with E-state index in [-0.39, 0.29) is 59.2 Å². The Kier molecular flexibility index (Phi) is 16.8. The van der Waals surface area contributed by atoms with Crippen molar-refractivity contribution < 1.29 is 77.3 Å². The zero-order chi connectivity index (χ0) is 59.5. The number of hydrogen-bond acceptors (Lipinski definition) is 17. The number of fused-ring (bicyclic) bond motifs is 15. The number of piperidine rings is 1. The molecule has 21 heteroatoms. The Labute approximate surface area is 474 Å². The monoisotopic (exact) mass is 1140 g/mol. The minimum atomic E-state index is -2.15. The molecule has 20 nitrogen and oxygen atoms in total. The molecule has 5 N–H and O–H groups in total. The third-order valence-electron chi connectivity index (χ3n) is 17.5. The number of allylic oxidation sites excluding steroid dienone is 4. The van der Waals surface area contributed by atoms with Crippen LogP contribution in [0.4, 0.5) is 10.1 Å². The zero-order valence-corrected chi connectivity index (χ0v) is 47.9. The predicted octanol–water partition coefficient (Wildman–Crippen LogP) is 6.60. The maximum atomic E-state index is 16.1. The van der Waals surface area contributed by atoms with Crippen LogP contribution in [0.2, 0.25) is 0 Å². The van der Waals surface area contributed by atoms with Crippen LogP contribution >= 0.6 is 0 Å². The number of ether oxygens (including phenoxy) is 5. The number of rotatable bonds is 9. The first kappa shape index (κ1) is 59.4. The fraction of sp³-hybridized carbons (Fsp3) is 0.525. The van der Waals surface area contributed by atoms with E-state index in [0.717, 1.165) is 23.4 Å². The highest BCUT2D eigenvalue weighted by Crippen LogP contribution is 2.50. The number of nitrogens with one attached hydrogen (secondary N) is 1. The number of aromatic carboxylic acids is 1. The summed E-state index contributed by atoms with van der Waals surface area (Å²) in [7, 11) is 1.41. The summed E-state index contributed by atoms with van der Waals surface area (Å²) >= 11 is 0. The van der Waals surface area contributed by atoms with Crippen molar-refractivity contribution in [3.05, 3.63) is 115 Å². The number of Topliss-reactive ketones (excluding diaryl/α,β-unsaturated/α-hetero) is 3. The van der Waals surface area contributed by atoms with Gasteiger partial charge in [-0.3, -0.25) is 33.2 Å². The lowest BCUT2D eigenvalue weighted by Gasteiger charge is -2.38. The number of hydrogen-bond donors (Lipinski definition) is 5. The standard InChI is InChI=1S/C61H73FN4O16/c1-28-12-11-13-29(2)58(74)63-46-49(64-21-17-38(18-22-64)79-27-36-16-20-65(25-36)48-31(4)47-39(37-14-15-37)24-40(60(76)77)59(75)66(47)26-41(48)62)54(72)43-44(53(46)71)52(70)34(7)56-45(43)57(73)61(9,82-56)80-23-19-42(78-10)30(3)55(81-35(8)67)33(6)51(69)32(5)50(28)68/h11-13,19,23-24,26,28,30,32-33,36-38,42,50-51,55,68-70H,14-18,20-22,25,27H2,1-10H3,(H,63,74)(H,76,77)/t28-,30+,32+,33+,36?,42-,50-,51+,55+,61-/m0/s1. The topological polar surface area (TPSA) is 269 Å². The third-order valence-corrected chi connectivity index (χ3v) is 17.5. The second-order valence-corrected chi connectivity index (χ2v) is 23.2. The van der Waals surface area contributed by atoms with E-state index in [1.54, 1.807) is 51.7 Å². The summed E-state index contributed by atoms with van der Waals surface area (Å²) in [6.07, 6.45) is 7.06. The number of phenolic OH excluding ortho intramolecular Hbond substituents is 1. The number of aromatic hydroxyl groups is 1. The summed E-state index contributed by atoms with van der Waals surface area (Å²) in [6.45, 7) is 15.7. The number of carboxylic acids is 1. The number of aryl methyl sites for hydroxylation is 1. The van der Waals surface area contributed by atoms with Crippen molar-refractivity contribution >= 4 is 46.4 Å². The number of aromatic nitrogens is 1. The maximum absolute atomic E-state index is 16.1. The van der Waals surface area contributed by atoms with Gasteiger partial charge in [0, 0.05) is 87.9 Å². The van der Waals surface area contributed by atoms with Gasteiger partial charge in [0.05, 0.1) is 71.4 Å². The minimum Gasteiger partial charge on any atom is -0.507 e. The van der Waals surface area contributed by atoms with E-state index in [1.165, 1.54) is 59.3 Å². The summed E-state index contributed by atoms with van der Waals surface area (Å²) in [5.41, 5.74) is -0.835. The number of esters is 1. The molecule has 5 aliphatic heterocycles. The Morgan fingerprint density at radius 2 is 1.55 bits per heavy atom. The van der Waals surface area contributed by atoms with E-state index < -0.39 is 129 Å². The molecule has 10 atom stereocenters. The van der Waals surface area contributed by atoms with Gasteiger partial charge in [0.2, 0.25) is 11.6 Å². The van der Waals surface area contributed by atoms with Crippen LogP contribution in [0.3, 0.4) is 0 Å². The summed E-state index contributed by atoms with van der Waals surface area (Å²) in [5, 5.41) is 47.4.